The Labute approximate surface area is 113 Å². The summed E-state index contributed by atoms with van der Waals surface area (Å²) in [4.78, 5) is 10.7. The van der Waals surface area contributed by atoms with E-state index < -0.39 is 23.1 Å². The molecule has 0 saturated carbocycles. The van der Waals surface area contributed by atoms with E-state index in [0.29, 0.717) is 11.1 Å². The van der Waals surface area contributed by atoms with Gasteiger partial charge in [-0.15, -0.1) is 0 Å². The van der Waals surface area contributed by atoms with Gasteiger partial charge in [-0.25, -0.2) is 13.6 Å². The molecule has 100 valence electrons. The van der Waals surface area contributed by atoms with Gasteiger partial charge in [0.2, 0.25) is 5.13 Å². The largest absolute Gasteiger partial charge is 0.465 e. The van der Waals surface area contributed by atoms with Gasteiger partial charge in [0.15, 0.2) is 0 Å². The minimum absolute atomic E-state index is 0.336. The number of benzene rings is 1. The van der Waals surface area contributed by atoms with E-state index in [1.807, 2.05) is 5.32 Å². The molecule has 0 aromatic heterocycles. The van der Waals surface area contributed by atoms with Crippen LogP contribution in [0.25, 0.3) is 5.57 Å². The van der Waals surface area contributed by atoms with Crippen LogP contribution in [0, 0.1) is 5.82 Å². The Hall–Kier alpha value is -1.88. The van der Waals surface area contributed by atoms with Crippen molar-refractivity contribution in [3.05, 3.63) is 53.9 Å². The van der Waals surface area contributed by atoms with Crippen molar-refractivity contribution in [3.63, 3.8) is 0 Å². The molecule has 0 fully saturated rings. The molecule has 3 nitrogen and oxygen atoms in total. The smallest absolute Gasteiger partial charge is 0.405 e. The molecule has 2 atom stereocenters. The number of halogens is 3. The number of nitrogens with one attached hydrogen (secondary N) is 1. The van der Waals surface area contributed by atoms with E-state index in [-0.39, 0.29) is 0 Å². The molecular weight excluding hydrogens is 276 g/mol. The average Bonchev–Trinajstić information content (AvgIpc) is 2.32. The Morgan fingerprint density at radius 3 is 2.58 bits per heavy atom. The fourth-order valence-electron chi connectivity index (χ4n) is 1.88. The molecule has 0 saturated heterocycles. The third kappa shape index (κ3) is 2.93. The highest BCUT2D eigenvalue weighted by atomic mass is 35.5. The standard InChI is InChI=1S/C13H10ClF2NO2/c14-13(16)7-1-2-10(11(13)17-12(18)19)8-3-5-9(15)6-4-8/h1-7,11,17H,(H,18,19). The third-order valence-electron chi connectivity index (χ3n) is 2.74. The number of hydrogen-bond donors (Lipinski definition) is 2. The van der Waals surface area contributed by atoms with Crippen molar-refractivity contribution < 1.29 is 18.7 Å². The van der Waals surface area contributed by atoms with Gasteiger partial charge in [-0.05, 0) is 29.3 Å². The summed E-state index contributed by atoms with van der Waals surface area (Å²) in [7, 11) is 0. The number of allylic oxidation sites excluding steroid dienone is 2. The number of rotatable bonds is 2. The molecule has 2 unspecified atom stereocenters. The zero-order valence-electron chi connectivity index (χ0n) is 9.61. The topological polar surface area (TPSA) is 49.3 Å². The van der Waals surface area contributed by atoms with Gasteiger partial charge in [0.05, 0.1) is 0 Å². The molecule has 0 aliphatic heterocycles. The van der Waals surface area contributed by atoms with Crippen molar-refractivity contribution in [2.45, 2.75) is 11.2 Å². The molecule has 1 aliphatic rings. The first-order valence-corrected chi connectivity index (χ1v) is 5.80. The summed E-state index contributed by atoms with van der Waals surface area (Å²) < 4.78 is 27.0. The lowest BCUT2D eigenvalue weighted by Crippen LogP contribution is -2.47. The van der Waals surface area contributed by atoms with Gasteiger partial charge in [-0.2, -0.15) is 0 Å². The maximum absolute atomic E-state index is 14.1. The van der Waals surface area contributed by atoms with Crippen molar-refractivity contribution in [3.8, 4) is 0 Å². The molecule has 1 aromatic carbocycles. The van der Waals surface area contributed by atoms with Crippen molar-refractivity contribution in [2.75, 3.05) is 0 Å². The molecule has 2 rings (SSSR count). The van der Waals surface area contributed by atoms with E-state index in [1.54, 1.807) is 0 Å². The number of alkyl halides is 2. The summed E-state index contributed by atoms with van der Waals surface area (Å²) in [5, 5.41) is 8.43. The summed E-state index contributed by atoms with van der Waals surface area (Å²) in [5.74, 6) is -0.434. The van der Waals surface area contributed by atoms with E-state index in [2.05, 4.69) is 0 Å². The van der Waals surface area contributed by atoms with Crippen LogP contribution in [0.4, 0.5) is 13.6 Å². The fourth-order valence-corrected chi connectivity index (χ4v) is 2.13. The van der Waals surface area contributed by atoms with Crippen LogP contribution in [0.2, 0.25) is 0 Å². The fraction of sp³-hybridized carbons (Fsp3) is 0.154. The molecule has 19 heavy (non-hydrogen) atoms. The summed E-state index contributed by atoms with van der Waals surface area (Å²) in [6, 6.07) is 4.02. The van der Waals surface area contributed by atoms with Crippen LogP contribution in [0.1, 0.15) is 5.56 Å². The van der Waals surface area contributed by atoms with Gasteiger partial charge in [-0.3, -0.25) is 0 Å². The van der Waals surface area contributed by atoms with Crippen molar-refractivity contribution in [1.82, 2.24) is 5.32 Å². The summed E-state index contributed by atoms with van der Waals surface area (Å²) in [5.41, 5.74) is 0.828. The molecule has 6 heteroatoms. The van der Waals surface area contributed by atoms with Crippen LogP contribution < -0.4 is 5.32 Å². The molecule has 0 radical (unpaired) electrons. The number of carbonyl (C=O) groups is 1. The molecule has 0 spiro atoms. The van der Waals surface area contributed by atoms with Crippen LogP contribution >= 0.6 is 11.6 Å². The molecule has 0 bridgehead atoms. The number of carboxylic acid groups (broad SMARTS) is 1. The second-order valence-corrected chi connectivity index (χ2v) is 4.62. The molecule has 1 aliphatic carbocycles. The van der Waals surface area contributed by atoms with Crippen LogP contribution in [0.15, 0.2) is 42.5 Å². The Balaban J connectivity index is 2.40. The SMILES string of the molecule is O=C(O)NC1C(c2ccc(F)cc2)=CC=CC1(F)Cl. The minimum atomic E-state index is -2.36. The summed E-state index contributed by atoms with van der Waals surface area (Å²) >= 11 is 5.66. The lowest BCUT2D eigenvalue weighted by molar-refractivity contribution is 0.183. The van der Waals surface area contributed by atoms with E-state index in [1.165, 1.54) is 36.4 Å². The first-order chi connectivity index (χ1) is 8.90. The van der Waals surface area contributed by atoms with E-state index in [9.17, 15) is 13.6 Å². The number of amides is 1. The lowest BCUT2D eigenvalue weighted by Gasteiger charge is -2.30. The minimum Gasteiger partial charge on any atom is -0.465 e. The first kappa shape index (κ1) is 13.5. The zero-order valence-corrected chi connectivity index (χ0v) is 10.4. The van der Waals surface area contributed by atoms with Gasteiger partial charge >= 0.3 is 6.09 Å². The van der Waals surface area contributed by atoms with Gasteiger partial charge in [-0.1, -0.05) is 35.9 Å². The third-order valence-corrected chi connectivity index (χ3v) is 3.08. The van der Waals surface area contributed by atoms with Gasteiger partial charge < -0.3 is 10.4 Å². The summed E-state index contributed by atoms with van der Waals surface area (Å²) in [6.45, 7) is 0. The monoisotopic (exact) mass is 285 g/mol. The molecule has 0 heterocycles. The molecule has 1 amide bonds. The average molecular weight is 286 g/mol. The highest BCUT2D eigenvalue weighted by Crippen LogP contribution is 2.36. The van der Waals surface area contributed by atoms with Gasteiger partial charge in [0, 0.05) is 0 Å². The van der Waals surface area contributed by atoms with Crippen LogP contribution in [-0.2, 0) is 0 Å². The number of hydrogen-bond acceptors (Lipinski definition) is 1. The lowest BCUT2D eigenvalue weighted by atomic mass is 9.91. The molecule has 2 N–H and O–H groups in total. The van der Waals surface area contributed by atoms with Crippen LogP contribution in [0.3, 0.4) is 0 Å². The maximum atomic E-state index is 14.1. The van der Waals surface area contributed by atoms with Crippen LogP contribution in [-0.4, -0.2) is 22.4 Å². The highest BCUT2D eigenvalue weighted by molar-refractivity contribution is 6.26. The quantitative estimate of drug-likeness (QED) is 0.819. The van der Waals surface area contributed by atoms with E-state index in [0.717, 1.165) is 6.08 Å². The Morgan fingerprint density at radius 2 is 2.00 bits per heavy atom. The van der Waals surface area contributed by atoms with Crippen molar-refractivity contribution in [2.24, 2.45) is 0 Å². The highest BCUT2D eigenvalue weighted by Gasteiger charge is 2.40. The Kier molecular flexibility index (Phi) is 3.57. The van der Waals surface area contributed by atoms with Gasteiger partial charge in [0.25, 0.3) is 0 Å². The molecule has 1 aromatic rings. The van der Waals surface area contributed by atoms with Crippen LogP contribution in [0.5, 0.6) is 0 Å². The maximum Gasteiger partial charge on any atom is 0.405 e. The normalized spacial score (nSPS) is 25.8. The predicted molar refractivity (Wildman–Crippen MR) is 68.2 cm³/mol. The van der Waals surface area contributed by atoms with E-state index >= 15 is 0 Å². The Morgan fingerprint density at radius 1 is 1.37 bits per heavy atom. The van der Waals surface area contributed by atoms with Crippen molar-refractivity contribution >= 4 is 23.3 Å². The molecular formula is C13H10ClF2NO2. The second-order valence-electron chi connectivity index (χ2n) is 4.05. The predicted octanol–water partition coefficient (Wildman–Crippen LogP) is 3.32. The van der Waals surface area contributed by atoms with Crippen molar-refractivity contribution in [1.29, 1.82) is 0 Å². The second kappa shape index (κ2) is 5.01. The zero-order chi connectivity index (χ0) is 14.0. The Bertz CT molecular complexity index is 552. The first-order valence-electron chi connectivity index (χ1n) is 5.43. The van der Waals surface area contributed by atoms with E-state index in [4.69, 9.17) is 16.7 Å². The summed E-state index contributed by atoms with van der Waals surface area (Å²) in [6.07, 6.45) is 2.60. The van der Waals surface area contributed by atoms with Gasteiger partial charge in [0.1, 0.15) is 11.9 Å².